The van der Waals surface area contributed by atoms with Crippen molar-refractivity contribution in [1.29, 1.82) is 0 Å². The summed E-state index contributed by atoms with van der Waals surface area (Å²) < 4.78 is 26.7. The Morgan fingerprint density at radius 2 is 1.71 bits per heavy atom. The monoisotopic (exact) mass is 401 g/mol. The lowest BCUT2D eigenvalue weighted by molar-refractivity contribution is 0.0953. The number of amides is 1. The van der Waals surface area contributed by atoms with Gasteiger partial charge in [0.2, 0.25) is 10.0 Å². The third-order valence-electron chi connectivity index (χ3n) is 4.90. The number of hydrogen-bond acceptors (Lipinski definition) is 4. The number of sulfonamides is 1. The van der Waals surface area contributed by atoms with Crippen LogP contribution in [0.2, 0.25) is 0 Å². The summed E-state index contributed by atoms with van der Waals surface area (Å²) in [5.41, 5.74) is 2.74. The summed E-state index contributed by atoms with van der Waals surface area (Å²) in [6.45, 7) is 4.64. The van der Waals surface area contributed by atoms with Gasteiger partial charge in [-0.1, -0.05) is 35.9 Å². The number of rotatable bonds is 7. The summed E-state index contributed by atoms with van der Waals surface area (Å²) >= 11 is 0. The van der Waals surface area contributed by atoms with E-state index in [2.05, 4.69) is 10.2 Å². The van der Waals surface area contributed by atoms with Crippen molar-refractivity contribution in [2.45, 2.75) is 13.3 Å². The third kappa shape index (κ3) is 5.33. The van der Waals surface area contributed by atoms with Crippen LogP contribution in [-0.4, -0.2) is 57.1 Å². The first-order chi connectivity index (χ1) is 13.5. The Kier molecular flexibility index (Phi) is 6.70. The number of aryl methyl sites for hydroxylation is 1. The molecule has 28 heavy (non-hydrogen) atoms. The topological polar surface area (TPSA) is 69.7 Å². The summed E-state index contributed by atoms with van der Waals surface area (Å²) in [7, 11) is -3.30. The fraction of sp³-hybridized carbons (Fsp3) is 0.381. The molecule has 1 amide bonds. The Bertz CT molecular complexity index is 892. The van der Waals surface area contributed by atoms with E-state index < -0.39 is 10.0 Å². The fourth-order valence-corrected chi connectivity index (χ4v) is 4.82. The van der Waals surface area contributed by atoms with Crippen LogP contribution in [-0.2, 0) is 10.0 Å². The molecular formula is C21H27N3O3S. The average Bonchev–Trinajstić information content (AvgIpc) is 2.72. The Morgan fingerprint density at radius 1 is 1.00 bits per heavy atom. The second kappa shape index (κ2) is 9.21. The van der Waals surface area contributed by atoms with Crippen LogP contribution in [0.3, 0.4) is 0 Å². The van der Waals surface area contributed by atoms with Crippen molar-refractivity contribution in [2.75, 3.05) is 43.4 Å². The van der Waals surface area contributed by atoms with Crippen LogP contribution in [0.5, 0.6) is 0 Å². The molecule has 0 saturated carbocycles. The molecule has 0 aliphatic carbocycles. The number of hydrogen-bond donors (Lipinski definition) is 1. The number of benzene rings is 2. The van der Waals surface area contributed by atoms with E-state index in [1.54, 1.807) is 10.4 Å². The molecule has 0 atom stereocenters. The molecule has 1 heterocycles. The minimum absolute atomic E-state index is 0.0481. The lowest BCUT2D eigenvalue weighted by Gasteiger charge is -2.35. The zero-order valence-electron chi connectivity index (χ0n) is 16.2. The highest BCUT2D eigenvalue weighted by atomic mass is 32.2. The predicted octanol–water partition coefficient (Wildman–Crippen LogP) is 2.27. The van der Waals surface area contributed by atoms with E-state index in [1.165, 1.54) is 0 Å². The molecule has 0 unspecified atom stereocenters. The molecule has 1 fully saturated rings. The SMILES string of the molecule is Cc1cccc(C(=O)NCCCS(=O)(=O)N2CCN(c3ccccc3)CC2)c1. The lowest BCUT2D eigenvalue weighted by atomic mass is 10.1. The number of carbonyl (C=O) groups is 1. The van der Waals surface area contributed by atoms with Crippen molar-refractivity contribution < 1.29 is 13.2 Å². The first-order valence-electron chi connectivity index (χ1n) is 9.58. The van der Waals surface area contributed by atoms with Gasteiger partial charge in [-0.2, -0.15) is 4.31 Å². The molecule has 0 aromatic heterocycles. The van der Waals surface area contributed by atoms with Gasteiger partial charge < -0.3 is 10.2 Å². The van der Waals surface area contributed by atoms with Gasteiger partial charge in [-0.05, 0) is 37.6 Å². The molecule has 7 heteroatoms. The third-order valence-corrected chi connectivity index (χ3v) is 6.85. The van der Waals surface area contributed by atoms with Gasteiger partial charge in [0.15, 0.2) is 0 Å². The van der Waals surface area contributed by atoms with Crippen molar-refractivity contribution in [3.8, 4) is 0 Å². The van der Waals surface area contributed by atoms with Gasteiger partial charge >= 0.3 is 0 Å². The Morgan fingerprint density at radius 3 is 2.39 bits per heavy atom. The van der Waals surface area contributed by atoms with E-state index in [4.69, 9.17) is 0 Å². The van der Waals surface area contributed by atoms with E-state index in [1.807, 2.05) is 55.5 Å². The number of para-hydroxylation sites is 1. The van der Waals surface area contributed by atoms with Gasteiger partial charge in [0.05, 0.1) is 5.75 Å². The maximum Gasteiger partial charge on any atom is 0.251 e. The lowest BCUT2D eigenvalue weighted by Crippen LogP contribution is -2.49. The van der Waals surface area contributed by atoms with E-state index >= 15 is 0 Å². The second-order valence-corrected chi connectivity index (χ2v) is 9.11. The van der Waals surface area contributed by atoms with Gasteiger partial charge in [0, 0.05) is 44.0 Å². The molecule has 1 saturated heterocycles. The van der Waals surface area contributed by atoms with Gasteiger partial charge in [-0.3, -0.25) is 4.79 Å². The molecule has 1 N–H and O–H groups in total. The smallest absolute Gasteiger partial charge is 0.251 e. The van der Waals surface area contributed by atoms with Crippen LogP contribution < -0.4 is 10.2 Å². The van der Waals surface area contributed by atoms with Crippen molar-refractivity contribution >= 4 is 21.6 Å². The van der Waals surface area contributed by atoms with Crippen molar-refractivity contribution in [1.82, 2.24) is 9.62 Å². The Labute approximate surface area is 167 Å². The van der Waals surface area contributed by atoms with E-state index in [0.29, 0.717) is 44.7 Å². The van der Waals surface area contributed by atoms with Crippen molar-refractivity contribution in [2.24, 2.45) is 0 Å². The second-order valence-electron chi connectivity index (χ2n) is 7.02. The molecule has 3 rings (SSSR count). The van der Waals surface area contributed by atoms with Crippen LogP contribution in [0.25, 0.3) is 0 Å². The number of piperazine rings is 1. The maximum atomic E-state index is 12.6. The number of carbonyl (C=O) groups excluding carboxylic acids is 1. The molecule has 6 nitrogen and oxygen atoms in total. The van der Waals surface area contributed by atoms with Crippen LogP contribution in [0.4, 0.5) is 5.69 Å². The minimum Gasteiger partial charge on any atom is -0.369 e. The molecule has 150 valence electrons. The molecule has 1 aliphatic heterocycles. The molecule has 2 aromatic carbocycles. The zero-order chi connectivity index (χ0) is 20.0. The molecule has 0 radical (unpaired) electrons. The first-order valence-corrected chi connectivity index (χ1v) is 11.2. The summed E-state index contributed by atoms with van der Waals surface area (Å²) in [4.78, 5) is 14.3. The number of nitrogens with one attached hydrogen (secondary N) is 1. The molecular weight excluding hydrogens is 374 g/mol. The standard InChI is InChI=1S/C21H27N3O3S/c1-18-7-5-8-19(17-18)21(25)22-11-6-16-28(26,27)24-14-12-23(13-15-24)20-9-3-2-4-10-20/h2-5,7-10,17H,6,11-16H2,1H3,(H,22,25). The zero-order valence-corrected chi connectivity index (χ0v) is 17.0. The quantitative estimate of drug-likeness (QED) is 0.723. The van der Waals surface area contributed by atoms with Gasteiger partial charge in [0.25, 0.3) is 5.91 Å². The van der Waals surface area contributed by atoms with E-state index in [-0.39, 0.29) is 11.7 Å². The summed E-state index contributed by atoms with van der Waals surface area (Å²) in [5, 5.41) is 2.80. The fourth-order valence-electron chi connectivity index (χ4n) is 3.34. The molecule has 1 aliphatic rings. The van der Waals surface area contributed by atoms with E-state index in [0.717, 1.165) is 11.3 Å². The van der Waals surface area contributed by atoms with Gasteiger partial charge in [0.1, 0.15) is 0 Å². The normalized spacial score (nSPS) is 15.4. The van der Waals surface area contributed by atoms with Gasteiger partial charge in [-0.25, -0.2) is 8.42 Å². The van der Waals surface area contributed by atoms with Crippen molar-refractivity contribution in [3.63, 3.8) is 0 Å². The molecule has 0 bridgehead atoms. The van der Waals surface area contributed by atoms with Crippen LogP contribution >= 0.6 is 0 Å². The highest BCUT2D eigenvalue weighted by molar-refractivity contribution is 7.89. The highest BCUT2D eigenvalue weighted by Gasteiger charge is 2.26. The van der Waals surface area contributed by atoms with Gasteiger partial charge in [-0.15, -0.1) is 0 Å². The van der Waals surface area contributed by atoms with Crippen LogP contribution in [0, 0.1) is 6.92 Å². The predicted molar refractivity (Wildman–Crippen MR) is 112 cm³/mol. The first kappa shape index (κ1) is 20.4. The largest absolute Gasteiger partial charge is 0.369 e. The minimum atomic E-state index is -3.30. The summed E-state index contributed by atoms with van der Waals surface area (Å²) in [6.07, 6.45) is 0.402. The number of anilines is 1. The van der Waals surface area contributed by atoms with Crippen LogP contribution in [0.1, 0.15) is 22.3 Å². The molecule has 0 spiro atoms. The maximum absolute atomic E-state index is 12.6. The average molecular weight is 402 g/mol. The van der Waals surface area contributed by atoms with Crippen LogP contribution in [0.15, 0.2) is 54.6 Å². The molecule has 2 aromatic rings. The highest BCUT2D eigenvalue weighted by Crippen LogP contribution is 2.17. The van der Waals surface area contributed by atoms with E-state index in [9.17, 15) is 13.2 Å². The summed E-state index contributed by atoms with van der Waals surface area (Å²) in [5.74, 6) is -0.121. The Balaban J connectivity index is 1.43. The van der Waals surface area contributed by atoms with Crippen molar-refractivity contribution in [3.05, 3.63) is 65.7 Å². The number of nitrogens with zero attached hydrogens (tertiary/aromatic N) is 2. The summed E-state index contributed by atoms with van der Waals surface area (Å²) in [6, 6.07) is 17.4. The Hall–Kier alpha value is -2.38.